The van der Waals surface area contributed by atoms with E-state index in [1.807, 2.05) is 6.07 Å². The Bertz CT molecular complexity index is 1140. The number of fused-ring (bicyclic) bond motifs is 1. The molecule has 2 heterocycles. The van der Waals surface area contributed by atoms with Crippen molar-refractivity contribution in [1.82, 2.24) is 0 Å². The molecular formula is C20H18Cl2N2O4S2. The van der Waals surface area contributed by atoms with E-state index >= 15 is 0 Å². The van der Waals surface area contributed by atoms with Crippen molar-refractivity contribution in [1.29, 1.82) is 0 Å². The first-order chi connectivity index (χ1) is 14.3. The first-order valence-electron chi connectivity index (χ1n) is 9.12. The van der Waals surface area contributed by atoms with Gasteiger partial charge in [-0.3, -0.25) is 4.79 Å². The minimum Gasteiger partial charge on any atom is -0.495 e. The molecule has 1 amide bonds. The fourth-order valence-electron chi connectivity index (χ4n) is 3.62. The third-order valence-electron chi connectivity index (χ3n) is 5.00. The van der Waals surface area contributed by atoms with Gasteiger partial charge in [-0.25, -0.2) is 8.42 Å². The standard InChI is InChI=1S/C20H18Cl2N2O4S2/c1-28-17-7-6-13(9-15(17)22)24-16-10-30(26,27)11-18(16)29-20(24)23-19(25)8-12-4-2-3-5-14(12)21/h2-7,9,16,18H,8,10-11H2,1H3/t16-,18+/m0/s1. The average molecular weight is 485 g/mol. The van der Waals surface area contributed by atoms with Gasteiger partial charge in [0, 0.05) is 16.0 Å². The molecule has 0 bridgehead atoms. The number of thioether (sulfide) groups is 1. The number of rotatable bonds is 4. The van der Waals surface area contributed by atoms with E-state index in [1.54, 1.807) is 41.3 Å². The van der Waals surface area contributed by atoms with Gasteiger partial charge in [-0.1, -0.05) is 53.2 Å². The Balaban J connectivity index is 1.67. The monoisotopic (exact) mass is 484 g/mol. The highest BCUT2D eigenvalue weighted by molar-refractivity contribution is 8.16. The maximum absolute atomic E-state index is 12.7. The highest BCUT2D eigenvalue weighted by atomic mass is 35.5. The number of hydrogen-bond acceptors (Lipinski definition) is 5. The number of hydrogen-bond donors (Lipinski definition) is 0. The number of nitrogens with zero attached hydrogens (tertiary/aromatic N) is 2. The molecular weight excluding hydrogens is 467 g/mol. The number of benzene rings is 2. The summed E-state index contributed by atoms with van der Waals surface area (Å²) in [4.78, 5) is 18.8. The average Bonchev–Trinajstić information content (AvgIpc) is 3.14. The van der Waals surface area contributed by atoms with E-state index in [0.717, 1.165) is 0 Å². The summed E-state index contributed by atoms with van der Waals surface area (Å²) in [7, 11) is -1.63. The smallest absolute Gasteiger partial charge is 0.252 e. The second-order valence-corrected chi connectivity index (χ2v) is 11.2. The topological polar surface area (TPSA) is 76.0 Å². The summed E-state index contributed by atoms with van der Waals surface area (Å²) in [6, 6.07) is 12.0. The van der Waals surface area contributed by atoms with Gasteiger partial charge in [0.25, 0.3) is 5.91 Å². The third kappa shape index (κ3) is 4.32. The molecule has 0 unspecified atom stereocenters. The number of amides is 1. The lowest BCUT2D eigenvalue weighted by molar-refractivity contribution is -0.117. The number of carbonyl (C=O) groups is 1. The van der Waals surface area contributed by atoms with Gasteiger partial charge in [0.1, 0.15) is 5.75 Å². The summed E-state index contributed by atoms with van der Waals surface area (Å²) in [5, 5.41) is 1.18. The minimum absolute atomic E-state index is 0.00599. The number of anilines is 1. The Hall–Kier alpha value is -1.74. The third-order valence-corrected chi connectivity index (χ3v) is 8.87. The van der Waals surface area contributed by atoms with Crippen LogP contribution in [0.1, 0.15) is 5.56 Å². The maximum Gasteiger partial charge on any atom is 0.252 e. The second kappa shape index (κ2) is 8.42. The van der Waals surface area contributed by atoms with Crippen LogP contribution in [0.2, 0.25) is 10.0 Å². The summed E-state index contributed by atoms with van der Waals surface area (Å²) >= 11 is 13.8. The van der Waals surface area contributed by atoms with Gasteiger partial charge < -0.3 is 9.64 Å². The number of sulfone groups is 1. The first kappa shape index (κ1) is 21.5. The van der Waals surface area contributed by atoms with E-state index in [9.17, 15) is 13.2 Å². The summed E-state index contributed by atoms with van der Waals surface area (Å²) < 4.78 is 29.6. The summed E-state index contributed by atoms with van der Waals surface area (Å²) in [5.74, 6) is 0.223. The molecule has 0 spiro atoms. The number of methoxy groups -OCH3 is 1. The Morgan fingerprint density at radius 3 is 2.67 bits per heavy atom. The molecule has 0 saturated carbocycles. The number of carbonyl (C=O) groups excluding carboxylic acids is 1. The van der Waals surface area contributed by atoms with Crippen LogP contribution in [0.15, 0.2) is 47.5 Å². The summed E-state index contributed by atoms with van der Waals surface area (Å²) in [6.07, 6.45) is 0.0641. The maximum atomic E-state index is 12.7. The van der Waals surface area contributed by atoms with Gasteiger partial charge in [0.2, 0.25) is 0 Å². The van der Waals surface area contributed by atoms with Crippen molar-refractivity contribution in [2.75, 3.05) is 23.5 Å². The Morgan fingerprint density at radius 1 is 1.20 bits per heavy atom. The van der Waals surface area contributed by atoms with Gasteiger partial charge >= 0.3 is 0 Å². The molecule has 2 aliphatic heterocycles. The molecule has 2 atom stereocenters. The SMILES string of the molecule is COc1ccc(N2C(=NC(=O)Cc3ccccc3Cl)S[C@@H]3CS(=O)(=O)C[C@@H]32)cc1Cl. The zero-order valence-electron chi connectivity index (χ0n) is 15.9. The zero-order chi connectivity index (χ0) is 21.5. The van der Waals surface area contributed by atoms with Crippen molar-refractivity contribution in [3.8, 4) is 5.75 Å². The van der Waals surface area contributed by atoms with Crippen molar-refractivity contribution in [2.45, 2.75) is 17.7 Å². The fourth-order valence-corrected chi connectivity index (χ4v) is 8.01. The van der Waals surface area contributed by atoms with Crippen LogP contribution >= 0.6 is 35.0 Å². The number of halogens is 2. The van der Waals surface area contributed by atoms with E-state index in [1.165, 1.54) is 18.9 Å². The van der Waals surface area contributed by atoms with Gasteiger partial charge in [0.05, 0.1) is 36.1 Å². The van der Waals surface area contributed by atoms with E-state index in [2.05, 4.69) is 4.99 Å². The second-order valence-electron chi connectivity index (χ2n) is 7.05. The number of ether oxygens (including phenoxy) is 1. The predicted molar refractivity (Wildman–Crippen MR) is 122 cm³/mol. The van der Waals surface area contributed by atoms with Crippen LogP contribution in [0.5, 0.6) is 5.75 Å². The van der Waals surface area contributed by atoms with E-state index < -0.39 is 9.84 Å². The molecule has 10 heteroatoms. The largest absolute Gasteiger partial charge is 0.495 e. The lowest BCUT2D eigenvalue weighted by atomic mass is 10.1. The van der Waals surface area contributed by atoms with Crippen molar-refractivity contribution in [3.63, 3.8) is 0 Å². The van der Waals surface area contributed by atoms with Crippen molar-refractivity contribution in [2.24, 2.45) is 4.99 Å². The molecule has 0 N–H and O–H groups in total. The fraction of sp³-hybridized carbons (Fsp3) is 0.300. The van der Waals surface area contributed by atoms with Crippen LogP contribution in [0.3, 0.4) is 0 Å². The summed E-state index contributed by atoms with van der Waals surface area (Å²) in [6.45, 7) is 0. The van der Waals surface area contributed by atoms with Crippen molar-refractivity contribution < 1.29 is 17.9 Å². The molecule has 2 aliphatic rings. The van der Waals surface area contributed by atoms with E-state index in [0.29, 0.717) is 32.2 Å². The molecule has 2 fully saturated rings. The Labute approximate surface area is 189 Å². The Kier molecular flexibility index (Phi) is 6.03. The lowest BCUT2D eigenvalue weighted by Gasteiger charge is -2.25. The molecule has 2 aromatic rings. The van der Waals surface area contributed by atoms with Crippen LogP contribution in [0, 0.1) is 0 Å². The van der Waals surface area contributed by atoms with Gasteiger partial charge in [0.15, 0.2) is 15.0 Å². The first-order valence-corrected chi connectivity index (χ1v) is 12.6. The predicted octanol–water partition coefficient (Wildman–Crippen LogP) is 3.85. The molecule has 0 aromatic heterocycles. The number of aliphatic imine (C=N–C) groups is 1. The molecule has 4 rings (SSSR count). The van der Waals surface area contributed by atoms with Crippen LogP contribution in [0.25, 0.3) is 0 Å². The highest BCUT2D eigenvalue weighted by Crippen LogP contribution is 2.42. The normalized spacial score (nSPS) is 23.6. The molecule has 0 radical (unpaired) electrons. The van der Waals surface area contributed by atoms with Gasteiger partial charge in [-0.05, 0) is 29.8 Å². The molecule has 158 valence electrons. The Morgan fingerprint density at radius 2 is 1.97 bits per heavy atom. The van der Waals surface area contributed by atoms with Crippen molar-refractivity contribution in [3.05, 3.63) is 58.1 Å². The quantitative estimate of drug-likeness (QED) is 0.655. The highest BCUT2D eigenvalue weighted by Gasteiger charge is 2.49. The summed E-state index contributed by atoms with van der Waals surface area (Å²) in [5.41, 5.74) is 1.36. The van der Waals surface area contributed by atoms with Crippen LogP contribution in [-0.4, -0.2) is 49.4 Å². The van der Waals surface area contributed by atoms with Gasteiger partial charge in [-0.2, -0.15) is 4.99 Å². The minimum atomic E-state index is -3.15. The zero-order valence-corrected chi connectivity index (χ0v) is 19.1. The molecule has 6 nitrogen and oxygen atoms in total. The van der Waals surface area contributed by atoms with E-state index in [-0.39, 0.29) is 35.1 Å². The van der Waals surface area contributed by atoms with Crippen LogP contribution in [-0.2, 0) is 21.1 Å². The lowest BCUT2D eigenvalue weighted by Crippen LogP contribution is -2.37. The number of amidine groups is 1. The molecule has 2 saturated heterocycles. The van der Waals surface area contributed by atoms with Crippen LogP contribution < -0.4 is 9.64 Å². The van der Waals surface area contributed by atoms with Gasteiger partial charge in [-0.15, -0.1) is 0 Å². The molecule has 30 heavy (non-hydrogen) atoms. The molecule has 2 aromatic carbocycles. The van der Waals surface area contributed by atoms with Crippen molar-refractivity contribution >= 4 is 61.6 Å². The van der Waals surface area contributed by atoms with E-state index in [4.69, 9.17) is 27.9 Å². The molecule has 0 aliphatic carbocycles. The van der Waals surface area contributed by atoms with Crippen LogP contribution in [0.4, 0.5) is 5.69 Å².